The minimum atomic E-state index is -0.701. The van der Waals surface area contributed by atoms with Crippen LogP contribution in [0.2, 0.25) is 0 Å². The van der Waals surface area contributed by atoms with Gasteiger partial charge in [-0.05, 0) is 34.9 Å². The van der Waals surface area contributed by atoms with Crippen molar-refractivity contribution in [2.24, 2.45) is 0 Å². The van der Waals surface area contributed by atoms with Crippen LogP contribution in [0.15, 0.2) is 59.1 Å². The smallest absolute Gasteiger partial charge is 0.0644 e. The fourth-order valence-electron chi connectivity index (χ4n) is 2.13. The van der Waals surface area contributed by atoms with E-state index in [2.05, 4.69) is 52.8 Å². The van der Waals surface area contributed by atoms with Gasteiger partial charge in [0.05, 0.1) is 5.75 Å². The molecule has 0 aliphatic carbocycles. The fourth-order valence-corrected chi connectivity index (χ4v) is 4.23. The molecule has 0 fully saturated rings. The summed E-state index contributed by atoms with van der Waals surface area (Å²) in [5, 5.41) is 2.51. The van der Waals surface area contributed by atoms with Gasteiger partial charge >= 0.3 is 0 Å². The number of hydrogen-bond acceptors (Lipinski definition) is 3. The maximum atomic E-state index is 11.4. The average molecular weight is 289 g/mol. The van der Waals surface area contributed by atoms with E-state index in [-0.39, 0.29) is 0 Å². The Balaban J connectivity index is 1.79. The Morgan fingerprint density at radius 1 is 1.16 bits per heavy atom. The molecule has 0 radical (unpaired) electrons. The molecule has 0 aromatic heterocycles. The summed E-state index contributed by atoms with van der Waals surface area (Å²) in [6.07, 6.45) is 2.07. The molecular formula is C15H15NOS2. The van der Waals surface area contributed by atoms with E-state index in [1.54, 1.807) is 11.9 Å². The van der Waals surface area contributed by atoms with Crippen molar-refractivity contribution in [1.82, 2.24) is 4.31 Å². The van der Waals surface area contributed by atoms with Gasteiger partial charge in [0.2, 0.25) is 0 Å². The highest BCUT2D eigenvalue weighted by atomic mass is 32.2. The van der Waals surface area contributed by atoms with E-state index in [0.717, 1.165) is 5.70 Å². The third-order valence-electron chi connectivity index (χ3n) is 3.18. The van der Waals surface area contributed by atoms with Crippen LogP contribution >= 0.6 is 11.9 Å². The lowest BCUT2D eigenvalue weighted by Gasteiger charge is -2.18. The van der Waals surface area contributed by atoms with Crippen molar-refractivity contribution in [3.05, 3.63) is 54.2 Å². The summed E-state index contributed by atoms with van der Waals surface area (Å²) in [6, 6.07) is 14.8. The van der Waals surface area contributed by atoms with Crippen LogP contribution in [0.3, 0.4) is 0 Å². The molecule has 1 unspecified atom stereocenters. The van der Waals surface area contributed by atoms with Crippen LogP contribution in [0.4, 0.5) is 0 Å². The molecule has 3 rings (SSSR count). The molecule has 4 heteroatoms. The normalized spacial score (nSPS) is 18.6. The molecule has 0 N–H and O–H groups in total. The molecule has 0 saturated heterocycles. The van der Waals surface area contributed by atoms with Crippen LogP contribution in [0.5, 0.6) is 0 Å². The van der Waals surface area contributed by atoms with E-state index in [1.807, 2.05) is 7.05 Å². The number of nitrogens with zero attached hydrogens (tertiary/aromatic N) is 1. The molecule has 98 valence electrons. The zero-order chi connectivity index (χ0) is 13.2. The standard InChI is InChI=1S/C15H15NOS2/c1-16(14-8-9-19(17)11-14)18-15-7-6-12-4-2-3-5-13(12)10-15/h2-8,10H,9,11H2,1H3. The van der Waals surface area contributed by atoms with Crippen LogP contribution in [0.1, 0.15) is 0 Å². The minimum absolute atomic E-state index is 0.678. The Bertz CT molecular complexity index is 666. The topological polar surface area (TPSA) is 20.3 Å². The first-order valence-corrected chi connectivity index (χ1v) is 8.43. The van der Waals surface area contributed by atoms with Crippen LogP contribution in [0.25, 0.3) is 10.8 Å². The molecule has 0 bridgehead atoms. The van der Waals surface area contributed by atoms with Gasteiger partial charge < -0.3 is 4.31 Å². The summed E-state index contributed by atoms with van der Waals surface area (Å²) >= 11 is 1.69. The molecule has 1 aliphatic rings. The van der Waals surface area contributed by atoms with Gasteiger partial charge in [-0.25, -0.2) is 0 Å². The van der Waals surface area contributed by atoms with E-state index < -0.39 is 10.8 Å². The summed E-state index contributed by atoms with van der Waals surface area (Å²) < 4.78 is 13.5. The first-order chi connectivity index (χ1) is 9.22. The summed E-state index contributed by atoms with van der Waals surface area (Å²) in [6.45, 7) is 0. The van der Waals surface area contributed by atoms with Crippen molar-refractivity contribution in [1.29, 1.82) is 0 Å². The summed E-state index contributed by atoms with van der Waals surface area (Å²) in [7, 11) is 1.33. The van der Waals surface area contributed by atoms with Crippen LogP contribution in [-0.2, 0) is 10.8 Å². The van der Waals surface area contributed by atoms with Gasteiger partial charge in [0.15, 0.2) is 0 Å². The van der Waals surface area contributed by atoms with Crippen molar-refractivity contribution in [2.45, 2.75) is 4.90 Å². The maximum Gasteiger partial charge on any atom is 0.0644 e. The molecule has 2 aromatic carbocycles. The van der Waals surface area contributed by atoms with Crippen molar-refractivity contribution >= 4 is 33.5 Å². The summed E-state index contributed by atoms with van der Waals surface area (Å²) in [4.78, 5) is 1.21. The van der Waals surface area contributed by atoms with Gasteiger partial charge in [0, 0.05) is 34.2 Å². The zero-order valence-electron chi connectivity index (χ0n) is 10.7. The van der Waals surface area contributed by atoms with Crippen LogP contribution in [-0.4, -0.2) is 27.1 Å². The van der Waals surface area contributed by atoms with Gasteiger partial charge in [0.1, 0.15) is 0 Å². The second kappa shape index (κ2) is 5.39. The van der Waals surface area contributed by atoms with Crippen molar-refractivity contribution in [3.8, 4) is 0 Å². The lowest BCUT2D eigenvalue weighted by molar-refractivity contribution is 0.679. The minimum Gasteiger partial charge on any atom is -0.318 e. The molecule has 0 spiro atoms. The third kappa shape index (κ3) is 2.85. The van der Waals surface area contributed by atoms with Crippen LogP contribution in [0, 0.1) is 0 Å². The quantitative estimate of drug-likeness (QED) is 0.808. The largest absolute Gasteiger partial charge is 0.318 e. The molecule has 1 aliphatic heterocycles. The molecule has 2 nitrogen and oxygen atoms in total. The van der Waals surface area contributed by atoms with Gasteiger partial charge in [0.25, 0.3) is 0 Å². The third-order valence-corrected chi connectivity index (χ3v) is 5.31. The van der Waals surface area contributed by atoms with Crippen molar-refractivity contribution in [3.63, 3.8) is 0 Å². The molecular weight excluding hydrogens is 274 g/mol. The highest BCUT2D eigenvalue weighted by Gasteiger charge is 2.15. The van der Waals surface area contributed by atoms with E-state index in [9.17, 15) is 4.21 Å². The van der Waals surface area contributed by atoms with E-state index >= 15 is 0 Å². The highest BCUT2D eigenvalue weighted by molar-refractivity contribution is 7.97. The Kier molecular flexibility index (Phi) is 3.62. The number of hydrogen-bond donors (Lipinski definition) is 0. The number of rotatable bonds is 3. The SMILES string of the molecule is CN(Sc1ccc2ccccc2c1)C1=CCS(=O)C1. The Hall–Kier alpha value is -1.26. The summed E-state index contributed by atoms with van der Waals surface area (Å²) in [5.41, 5.74) is 1.16. The van der Waals surface area contributed by atoms with Crippen LogP contribution < -0.4 is 0 Å². The Morgan fingerprint density at radius 3 is 2.68 bits per heavy atom. The predicted molar refractivity (Wildman–Crippen MR) is 83.5 cm³/mol. The second-order valence-electron chi connectivity index (χ2n) is 4.54. The second-order valence-corrected chi connectivity index (χ2v) is 7.25. The number of fused-ring (bicyclic) bond motifs is 1. The average Bonchev–Trinajstić information content (AvgIpc) is 2.85. The predicted octanol–water partition coefficient (Wildman–Crippen LogP) is 3.42. The highest BCUT2D eigenvalue weighted by Crippen LogP contribution is 2.29. The van der Waals surface area contributed by atoms with Crippen molar-refractivity contribution in [2.75, 3.05) is 18.6 Å². The Morgan fingerprint density at radius 2 is 1.95 bits per heavy atom. The number of benzene rings is 2. The first kappa shape index (κ1) is 12.8. The first-order valence-electron chi connectivity index (χ1n) is 6.17. The summed E-state index contributed by atoms with van der Waals surface area (Å²) in [5.74, 6) is 1.37. The van der Waals surface area contributed by atoms with E-state index in [0.29, 0.717) is 11.5 Å². The zero-order valence-corrected chi connectivity index (χ0v) is 12.3. The van der Waals surface area contributed by atoms with Gasteiger partial charge in [-0.2, -0.15) is 0 Å². The van der Waals surface area contributed by atoms with Gasteiger partial charge in [-0.15, -0.1) is 0 Å². The van der Waals surface area contributed by atoms with Gasteiger partial charge in [-0.3, -0.25) is 4.21 Å². The lowest BCUT2D eigenvalue weighted by Crippen LogP contribution is -2.10. The van der Waals surface area contributed by atoms with Crippen molar-refractivity contribution < 1.29 is 4.21 Å². The van der Waals surface area contributed by atoms with Gasteiger partial charge in [-0.1, -0.05) is 36.4 Å². The molecule has 0 amide bonds. The molecule has 1 heterocycles. The molecule has 1 atom stereocenters. The van der Waals surface area contributed by atoms with E-state index in [1.165, 1.54) is 15.7 Å². The molecule has 19 heavy (non-hydrogen) atoms. The monoisotopic (exact) mass is 289 g/mol. The molecule has 0 saturated carbocycles. The fraction of sp³-hybridized carbons (Fsp3) is 0.200. The molecule has 2 aromatic rings. The maximum absolute atomic E-state index is 11.4. The Labute approximate surface area is 120 Å². The van der Waals surface area contributed by atoms with E-state index in [4.69, 9.17) is 0 Å². The lowest BCUT2D eigenvalue weighted by atomic mass is 10.1.